The zero-order valence-corrected chi connectivity index (χ0v) is 14.9. The van der Waals surface area contributed by atoms with Gasteiger partial charge >= 0.3 is 5.69 Å². The number of ether oxygens (including phenoxy) is 3. The minimum atomic E-state index is -0.941. The lowest BCUT2D eigenvalue weighted by Gasteiger charge is -2.23. The molecule has 4 atom stereocenters. The van der Waals surface area contributed by atoms with Crippen LogP contribution in [-0.2, 0) is 20.8 Å². The number of nitrogens with zero attached hydrogens (tertiary/aromatic N) is 3. The fourth-order valence-corrected chi connectivity index (χ4v) is 3.74. The molecule has 4 rings (SSSR count). The third-order valence-corrected chi connectivity index (χ3v) is 4.70. The Labute approximate surface area is 153 Å². The minimum Gasteiger partial charge on any atom is -0.394 e. The highest BCUT2D eigenvalue weighted by atomic mass is 16.8. The molecule has 11 nitrogen and oxygen atoms in total. The molecule has 11 heteroatoms. The lowest BCUT2D eigenvalue weighted by atomic mass is 10.1. The molecule has 2 saturated heterocycles. The summed E-state index contributed by atoms with van der Waals surface area (Å²) in [5, 5.41) is 9.65. The number of H-pyrrole nitrogens is 1. The Morgan fingerprint density at radius 2 is 2.07 bits per heavy atom. The van der Waals surface area contributed by atoms with Gasteiger partial charge in [-0.3, -0.25) is 14.3 Å². The normalized spacial score (nSPS) is 29.3. The second-order valence-corrected chi connectivity index (χ2v) is 6.99. The van der Waals surface area contributed by atoms with E-state index in [0.29, 0.717) is 0 Å². The van der Waals surface area contributed by atoms with Crippen LogP contribution >= 0.6 is 0 Å². The summed E-state index contributed by atoms with van der Waals surface area (Å²) in [4.78, 5) is 32.0. The zero-order chi connectivity index (χ0) is 19.5. The lowest BCUT2D eigenvalue weighted by molar-refractivity contribution is -0.200. The summed E-state index contributed by atoms with van der Waals surface area (Å²) in [6.45, 7) is 6.88. The average molecular weight is 379 g/mol. The number of aromatic nitrogens is 4. The molecule has 4 N–H and O–H groups in total. The van der Waals surface area contributed by atoms with Crippen LogP contribution in [0.4, 0.5) is 5.95 Å². The van der Waals surface area contributed by atoms with Gasteiger partial charge in [-0.25, -0.2) is 9.36 Å². The number of aliphatic hydroxyl groups is 1. The van der Waals surface area contributed by atoms with E-state index in [1.807, 2.05) is 0 Å². The van der Waals surface area contributed by atoms with Crippen molar-refractivity contribution in [2.24, 2.45) is 0 Å². The number of aliphatic hydroxyl groups excluding tert-OH is 1. The number of allylic oxidation sites excluding steroid dienone is 1. The highest BCUT2D eigenvalue weighted by Crippen LogP contribution is 2.43. The minimum absolute atomic E-state index is 0.0554. The molecule has 0 saturated carbocycles. The van der Waals surface area contributed by atoms with Crippen LogP contribution < -0.4 is 17.0 Å². The monoisotopic (exact) mass is 379 g/mol. The smallest absolute Gasteiger partial charge is 0.333 e. The van der Waals surface area contributed by atoms with E-state index in [-0.39, 0.29) is 30.3 Å². The van der Waals surface area contributed by atoms with Crippen molar-refractivity contribution in [3.8, 4) is 0 Å². The number of hydrogen-bond acceptors (Lipinski definition) is 8. The van der Waals surface area contributed by atoms with Gasteiger partial charge in [0.25, 0.3) is 5.56 Å². The number of aromatic amines is 1. The number of anilines is 1. The number of nitrogens with one attached hydrogen (secondary N) is 1. The third kappa shape index (κ3) is 2.62. The lowest BCUT2D eigenvalue weighted by Crippen LogP contribution is -2.34. The molecule has 27 heavy (non-hydrogen) atoms. The van der Waals surface area contributed by atoms with Crippen LogP contribution in [0.2, 0.25) is 0 Å². The van der Waals surface area contributed by atoms with Gasteiger partial charge in [-0.15, -0.1) is 6.58 Å². The van der Waals surface area contributed by atoms with Crippen molar-refractivity contribution >= 4 is 17.1 Å². The van der Waals surface area contributed by atoms with Gasteiger partial charge in [0, 0.05) is 6.54 Å². The van der Waals surface area contributed by atoms with Crippen LogP contribution in [0, 0.1) is 0 Å². The van der Waals surface area contributed by atoms with Crippen LogP contribution in [0.25, 0.3) is 11.2 Å². The molecule has 2 aliphatic rings. The zero-order valence-electron chi connectivity index (χ0n) is 14.9. The molecule has 2 aliphatic heterocycles. The van der Waals surface area contributed by atoms with Crippen molar-refractivity contribution in [1.29, 1.82) is 0 Å². The van der Waals surface area contributed by atoms with Crippen molar-refractivity contribution in [2.45, 2.75) is 50.7 Å². The van der Waals surface area contributed by atoms with Crippen molar-refractivity contribution in [3.05, 3.63) is 33.5 Å². The highest BCUT2D eigenvalue weighted by molar-refractivity contribution is 5.71. The molecule has 0 unspecified atom stereocenters. The molecule has 0 amide bonds. The van der Waals surface area contributed by atoms with E-state index in [2.05, 4.69) is 16.5 Å². The molecule has 0 radical (unpaired) electrons. The van der Waals surface area contributed by atoms with Crippen LogP contribution in [0.15, 0.2) is 22.2 Å². The molecule has 0 bridgehead atoms. The first-order valence-electron chi connectivity index (χ1n) is 8.51. The van der Waals surface area contributed by atoms with E-state index in [1.165, 1.54) is 15.2 Å². The van der Waals surface area contributed by atoms with Gasteiger partial charge in [-0.05, 0) is 13.8 Å². The van der Waals surface area contributed by atoms with E-state index in [9.17, 15) is 14.7 Å². The van der Waals surface area contributed by atoms with Crippen LogP contribution in [-0.4, -0.2) is 54.9 Å². The number of fused-ring (bicyclic) bond motifs is 2. The predicted molar refractivity (Wildman–Crippen MR) is 94.0 cm³/mol. The summed E-state index contributed by atoms with van der Waals surface area (Å²) < 4.78 is 20.0. The van der Waals surface area contributed by atoms with Gasteiger partial charge in [0.2, 0.25) is 5.95 Å². The first-order valence-corrected chi connectivity index (χ1v) is 8.51. The van der Waals surface area contributed by atoms with E-state index in [1.54, 1.807) is 13.8 Å². The molecule has 2 aromatic heterocycles. The molecule has 2 fully saturated rings. The molecule has 0 aromatic carbocycles. The Hall–Kier alpha value is -2.47. The molecule has 2 aromatic rings. The van der Waals surface area contributed by atoms with Gasteiger partial charge in [-0.1, -0.05) is 6.08 Å². The van der Waals surface area contributed by atoms with Crippen molar-refractivity contribution < 1.29 is 19.3 Å². The number of rotatable bonds is 4. The van der Waals surface area contributed by atoms with Gasteiger partial charge in [0.1, 0.15) is 18.3 Å². The van der Waals surface area contributed by atoms with Crippen LogP contribution in [0.1, 0.15) is 20.1 Å². The van der Waals surface area contributed by atoms with Gasteiger partial charge in [0.05, 0.1) is 6.61 Å². The summed E-state index contributed by atoms with van der Waals surface area (Å²) in [6.07, 6.45) is -1.37. The fraction of sp³-hybridized carbons (Fsp3) is 0.562. The first-order chi connectivity index (χ1) is 12.8. The Bertz CT molecular complexity index is 1020. The summed E-state index contributed by atoms with van der Waals surface area (Å²) in [7, 11) is 0. The van der Waals surface area contributed by atoms with Crippen molar-refractivity contribution in [3.63, 3.8) is 0 Å². The summed E-state index contributed by atoms with van der Waals surface area (Å²) in [5.74, 6) is -1.04. The van der Waals surface area contributed by atoms with Crippen molar-refractivity contribution in [2.75, 3.05) is 12.3 Å². The SMILES string of the molecule is C=CCn1c(=O)n([C@@H]2O[C@H](CO)[C@H]3OC(C)(C)O[C@@H]32)c2nc(N)[nH]c(=O)c21. The average Bonchev–Trinajstić information content (AvgIpc) is 3.15. The molecule has 146 valence electrons. The quantitative estimate of drug-likeness (QED) is 0.577. The molecule has 4 heterocycles. The summed E-state index contributed by atoms with van der Waals surface area (Å²) in [6, 6.07) is 0. The van der Waals surface area contributed by atoms with E-state index in [0.717, 1.165) is 0 Å². The number of nitrogens with two attached hydrogens (primary N) is 1. The van der Waals surface area contributed by atoms with Gasteiger partial charge in [-0.2, -0.15) is 4.98 Å². The van der Waals surface area contributed by atoms with Gasteiger partial charge < -0.3 is 25.1 Å². The predicted octanol–water partition coefficient (Wildman–Crippen LogP) is -0.936. The highest BCUT2D eigenvalue weighted by Gasteiger charge is 2.56. The molecular weight excluding hydrogens is 358 g/mol. The van der Waals surface area contributed by atoms with Gasteiger partial charge in [0.15, 0.2) is 23.2 Å². The largest absolute Gasteiger partial charge is 0.394 e. The number of hydrogen-bond donors (Lipinski definition) is 3. The van der Waals surface area contributed by atoms with Crippen LogP contribution in [0.5, 0.6) is 0 Å². The first kappa shape index (κ1) is 17.9. The molecular formula is C16H21N5O6. The van der Waals surface area contributed by atoms with E-state index in [4.69, 9.17) is 19.9 Å². The topological polar surface area (TPSA) is 147 Å². The van der Waals surface area contributed by atoms with E-state index >= 15 is 0 Å². The summed E-state index contributed by atoms with van der Waals surface area (Å²) in [5.41, 5.74) is 4.73. The number of nitrogen functional groups attached to an aromatic ring is 1. The maximum Gasteiger partial charge on any atom is 0.333 e. The molecule has 0 spiro atoms. The Balaban J connectivity index is 1.94. The molecule has 0 aliphatic carbocycles. The van der Waals surface area contributed by atoms with Crippen LogP contribution in [0.3, 0.4) is 0 Å². The summed E-state index contributed by atoms with van der Waals surface area (Å²) >= 11 is 0. The third-order valence-electron chi connectivity index (χ3n) is 4.70. The maximum atomic E-state index is 13.1. The fourth-order valence-electron chi connectivity index (χ4n) is 3.74. The van der Waals surface area contributed by atoms with E-state index < -0.39 is 41.6 Å². The Morgan fingerprint density at radius 1 is 1.37 bits per heavy atom. The number of imidazole rings is 1. The second kappa shape index (κ2) is 6.02. The standard InChI is InChI=1S/C16H21N5O6/c1-4-5-20-8-11(18-14(17)19-12(8)23)21(15(20)24)13-10-9(7(6-22)25-13)26-16(2,3)27-10/h4,7,9-10,13,22H,1,5-6H2,2-3H3,(H3,17,18,19,23)/t7-,9-,10+,13-/m1/s1. The second-order valence-electron chi connectivity index (χ2n) is 6.99. The Morgan fingerprint density at radius 3 is 2.74 bits per heavy atom. The van der Waals surface area contributed by atoms with Crippen molar-refractivity contribution in [1.82, 2.24) is 19.1 Å². The maximum absolute atomic E-state index is 13.1. The Kier molecular flexibility index (Phi) is 4.00.